The van der Waals surface area contributed by atoms with Crippen molar-refractivity contribution in [2.24, 2.45) is 0 Å². The van der Waals surface area contributed by atoms with Gasteiger partial charge in [0.05, 0.1) is 12.1 Å². The molecule has 0 aliphatic carbocycles. The fourth-order valence-electron chi connectivity index (χ4n) is 3.13. The van der Waals surface area contributed by atoms with E-state index in [1.54, 1.807) is 17.9 Å². The number of benzene rings is 1. The average Bonchev–Trinajstić information content (AvgIpc) is 3.34. The van der Waals surface area contributed by atoms with Crippen molar-refractivity contribution in [3.05, 3.63) is 23.8 Å². The van der Waals surface area contributed by atoms with Crippen LogP contribution in [0.25, 0.3) is 11.0 Å². The standard InChI is InChI=1S/C18H26N6O3/c1-27-12-4-7-19-18(26)20-8-11-24-16-6-5-14(13-15(16)21-22-24)17(25)23-9-2-3-10-23/h5-6,13H,2-4,7-12H2,1H3,(H2,19,20,26). The molecule has 1 aliphatic heterocycles. The summed E-state index contributed by atoms with van der Waals surface area (Å²) in [7, 11) is 1.63. The third-order valence-electron chi connectivity index (χ3n) is 4.57. The maximum Gasteiger partial charge on any atom is 0.314 e. The van der Waals surface area contributed by atoms with Gasteiger partial charge in [0.1, 0.15) is 5.52 Å². The third kappa shape index (κ3) is 4.94. The van der Waals surface area contributed by atoms with Crippen molar-refractivity contribution in [2.45, 2.75) is 25.8 Å². The molecule has 2 heterocycles. The maximum absolute atomic E-state index is 12.5. The van der Waals surface area contributed by atoms with Crippen molar-refractivity contribution in [1.29, 1.82) is 0 Å². The van der Waals surface area contributed by atoms with E-state index in [9.17, 15) is 9.59 Å². The van der Waals surface area contributed by atoms with Gasteiger partial charge < -0.3 is 20.3 Å². The van der Waals surface area contributed by atoms with Gasteiger partial charge in [0.25, 0.3) is 5.91 Å². The molecule has 0 atom stereocenters. The van der Waals surface area contributed by atoms with Crippen LogP contribution in [0.4, 0.5) is 4.79 Å². The Morgan fingerprint density at radius 1 is 1.19 bits per heavy atom. The quantitative estimate of drug-likeness (QED) is 0.672. The minimum atomic E-state index is -0.214. The first-order chi connectivity index (χ1) is 13.2. The van der Waals surface area contributed by atoms with Gasteiger partial charge in [-0.1, -0.05) is 5.21 Å². The summed E-state index contributed by atoms with van der Waals surface area (Å²) in [6.07, 6.45) is 2.91. The lowest BCUT2D eigenvalue weighted by Gasteiger charge is -2.14. The minimum absolute atomic E-state index is 0.0516. The van der Waals surface area contributed by atoms with E-state index >= 15 is 0 Å². The van der Waals surface area contributed by atoms with Crippen LogP contribution >= 0.6 is 0 Å². The molecule has 1 aliphatic rings. The summed E-state index contributed by atoms with van der Waals surface area (Å²) in [6.45, 7) is 3.77. The molecule has 146 valence electrons. The Morgan fingerprint density at radius 2 is 1.96 bits per heavy atom. The number of fused-ring (bicyclic) bond motifs is 1. The number of likely N-dealkylation sites (tertiary alicyclic amines) is 1. The molecule has 2 N–H and O–H groups in total. The van der Waals surface area contributed by atoms with E-state index in [2.05, 4.69) is 20.9 Å². The van der Waals surface area contributed by atoms with Crippen molar-refractivity contribution >= 4 is 23.0 Å². The van der Waals surface area contributed by atoms with Crippen molar-refractivity contribution in [3.8, 4) is 0 Å². The molecule has 1 fully saturated rings. The number of ether oxygens (including phenoxy) is 1. The first kappa shape index (κ1) is 19.1. The van der Waals surface area contributed by atoms with E-state index in [0.717, 1.165) is 37.9 Å². The smallest absolute Gasteiger partial charge is 0.314 e. The second-order valence-electron chi connectivity index (χ2n) is 6.54. The summed E-state index contributed by atoms with van der Waals surface area (Å²) in [4.78, 5) is 26.0. The number of urea groups is 1. The molecule has 27 heavy (non-hydrogen) atoms. The highest BCUT2D eigenvalue weighted by atomic mass is 16.5. The Labute approximate surface area is 158 Å². The van der Waals surface area contributed by atoms with Gasteiger partial charge in [-0.25, -0.2) is 9.48 Å². The molecule has 9 heteroatoms. The zero-order valence-corrected chi connectivity index (χ0v) is 15.6. The number of hydrogen-bond donors (Lipinski definition) is 2. The Bertz CT molecular complexity index is 784. The van der Waals surface area contributed by atoms with Crippen molar-refractivity contribution in [1.82, 2.24) is 30.5 Å². The van der Waals surface area contributed by atoms with E-state index in [1.165, 1.54) is 0 Å². The number of carbonyl (C=O) groups is 2. The number of nitrogens with one attached hydrogen (secondary N) is 2. The zero-order valence-electron chi connectivity index (χ0n) is 15.6. The van der Waals surface area contributed by atoms with E-state index in [1.807, 2.05) is 17.0 Å². The molecule has 3 rings (SSSR count). The van der Waals surface area contributed by atoms with Crippen LogP contribution in [0.15, 0.2) is 18.2 Å². The first-order valence-corrected chi connectivity index (χ1v) is 9.32. The SMILES string of the molecule is COCCCNC(=O)NCCn1nnc2cc(C(=O)N3CCCC3)ccc21. The van der Waals surface area contributed by atoms with Crippen LogP contribution in [0.1, 0.15) is 29.6 Å². The molecule has 0 radical (unpaired) electrons. The molecular formula is C18H26N6O3. The number of carbonyl (C=O) groups excluding carboxylic acids is 2. The third-order valence-corrected chi connectivity index (χ3v) is 4.57. The molecule has 1 aromatic carbocycles. The Kier molecular flexibility index (Phi) is 6.59. The molecule has 0 spiro atoms. The van der Waals surface area contributed by atoms with Crippen LogP contribution in [-0.2, 0) is 11.3 Å². The molecule has 0 saturated carbocycles. The molecule has 0 unspecified atom stereocenters. The molecule has 3 amide bonds. The molecule has 1 saturated heterocycles. The van der Waals surface area contributed by atoms with Gasteiger partial charge in [-0.2, -0.15) is 0 Å². The van der Waals surface area contributed by atoms with Crippen LogP contribution in [0.2, 0.25) is 0 Å². The van der Waals surface area contributed by atoms with Gasteiger partial charge in [0, 0.05) is 45.5 Å². The number of hydrogen-bond acceptors (Lipinski definition) is 5. The van der Waals surface area contributed by atoms with Gasteiger partial charge in [-0.15, -0.1) is 5.10 Å². The highest BCUT2D eigenvalue weighted by Crippen LogP contribution is 2.17. The van der Waals surface area contributed by atoms with E-state index in [4.69, 9.17) is 4.74 Å². The van der Waals surface area contributed by atoms with Crippen molar-refractivity contribution < 1.29 is 14.3 Å². The lowest BCUT2D eigenvalue weighted by Crippen LogP contribution is -2.38. The average molecular weight is 374 g/mol. The van der Waals surface area contributed by atoms with Crippen molar-refractivity contribution in [3.63, 3.8) is 0 Å². The number of rotatable bonds is 8. The molecule has 2 aromatic rings. The summed E-state index contributed by atoms with van der Waals surface area (Å²) in [6, 6.07) is 5.26. The second-order valence-corrected chi connectivity index (χ2v) is 6.54. The largest absolute Gasteiger partial charge is 0.385 e. The van der Waals surface area contributed by atoms with Gasteiger partial charge in [0.2, 0.25) is 0 Å². The monoisotopic (exact) mass is 374 g/mol. The molecule has 0 bridgehead atoms. The second kappa shape index (κ2) is 9.31. The Morgan fingerprint density at radius 3 is 2.74 bits per heavy atom. The fraction of sp³-hybridized carbons (Fsp3) is 0.556. The first-order valence-electron chi connectivity index (χ1n) is 9.32. The molecule has 1 aromatic heterocycles. The van der Waals surface area contributed by atoms with E-state index < -0.39 is 0 Å². The fourth-order valence-corrected chi connectivity index (χ4v) is 3.13. The summed E-state index contributed by atoms with van der Waals surface area (Å²) in [5.41, 5.74) is 2.17. The molecular weight excluding hydrogens is 348 g/mol. The summed E-state index contributed by atoms with van der Waals surface area (Å²) >= 11 is 0. The normalized spacial score (nSPS) is 13.9. The highest BCUT2D eigenvalue weighted by Gasteiger charge is 2.20. The number of methoxy groups -OCH3 is 1. The lowest BCUT2D eigenvalue weighted by molar-refractivity contribution is 0.0793. The van der Waals surface area contributed by atoms with Gasteiger partial charge in [0.15, 0.2) is 0 Å². The molecule has 9 nitrogen and oxygen atoms in total. The topological polar surface area (TPSA) is 101 Å². The Balaban J connectivity index is 1.52. The van der Waals surface area contributed by atoms with Crippen LogP contribution in [-0.4, -0.2) is 71.7 Å². The van der Waals surface area contributed by atoms with E-state index in [0.29, 0.717) is 37.3 Å². The summed E-state index contributed by atoms with van der Waals surface area (Å²) < 4.78 is 6.66. The highest BCUT2D eigenvalue weighted by molar-refractivity contribution is 5.97. The number of aromatic nitrogens is 3. The van der Waals surface area contributed by atoms with Gasteiger partial charge >= 0.3 is 6.03 Å². The Hall–Kier alpha value is -2.68. The minimum Gasteiger partial charge on any atom is -0.385 e. The van der Waals surface area contributed by atoms with Crippen LogP contribution in [0.3, 0.4) is 0 Å². The number of nitrogens with zero attached hydrogens (tertiary/aromatic N) is 4. The van der Waals surface area contributed by atoms with E-state index in [-0.39, 0.29) is 11.9 Å². The predicted molar refractivity (Wildman–Crippen MR) is 101 cm³/mol. The maximum atomic E-state index is 12.5. The lowest BCUT2D eigenvalue weighted by atomic mass is 10.1. The van der Waals surface area contributed by atoms with Gasteiger partial charge in [-0.05, 0) is 37.5 Å². The van der Waals surface area contributed by atoms with Gasteiger partial charge in [-0.3, -0.25) is 4.79 Å². The van der Waals surface area contributed by atoms with Crippen LogP contribution in [0, 0.1) is 0 Å². The number of amides is 3. The summed E-state index contributed by atoms with van der Waals surface area (Å²) in [5.74, 6) is 0.0516. The van der Waals surface area contributed by atoms with Crippen molar-refractivity contribution in [2.75, 3.05) is 39.9 Å². The zero-order chi connectivity index (χ0) is 19.1. The van der Waals surface area contributed by atoms with Crippen LogP contribution in [0.5, 0.6) is 0 Å². The van der Waals surface area contributed by atoms with Crippen LogP contribution < -0.4 is 10.6 Å². The predicted octanol–water partition coefficient (Wildman–Crippen LogP) is 1.00. The summed E-state index contributed by atoms with van der Waals surface area (Å²) in [5, 5.41) is 13.8.